The van der Waals surface area contributed by atoms with Crippen LogP contribution in [0.15, 0.2) is 72.8 Å². The zero-order chi connectivity index (χ0) is 26.2. The van der Waals surface area contributed by atoms with Crippen LogP contribution in [0.4, 0.5) is 15.8 Å². The van der Waals surface area contributed by atoms with Crippen molar-refractivity contribution in [3.05, 3.63) is 95.3 Å². The first-order valence-electron chi connectivity index (χ1n) is 12.6. The molecule has 0 aliphatic heterocycles. The topological polar surface area (TPSA) is 85.2 Å². The monoisotopic (exact) mass is 498 g/mol. The van der Waals surface area contributed by atoms with E-state index < -0.39 is 11.9 Å². The minimum atomic E-state index is -0.972. The van der Waals surface area contributed by atoms with Gasteiger partial charge in [-0.1, -0.05) is 49.6 Å². The standard InChI is InChI=1S/C30H31FN4O2/c1-21-8-5-6-13-27(21)29(30(37)34-25-10-3-2-4-11-25)35(26-12-7-9-23(31)18-26)28(36)20-33-24-16-14-22(19-32)15-17-24/h5-9,12-18,25,29,33H,2-4,10-11,20H2,1H3,(H,34,37). The van der Waals surface area contributed by atoms with Crippen molar-refractivity contribution in [2.45, 2.75) is 51.1 Å². The first-order valence-corrected chi connectivity index (χ1v) is 12.6. The van der Waals surface area contributed by atoms with E-state index in [0.717, 1.165) is 37.7 Å². The van der Waals surface area contributed by atoms with E-state index >= 15 is 0 Å². The van der Waals surface area contributed by atoms with Gasteiger partial charge >= 0.3 is 0 Å². The number of aryl methyl sites for hydroxylation is 1. The fraction of sp³-hybridized carbons (Fsp3) is 0.300. The average molecular weight is 499 g/mol. The van der Waals surface area contributed by atoms with Gasteiger partial charge in [0.05, 0.1) is 18.2 Å². The van der Waals surface area contributed by atoms with E-state index in [1.54, 1.807) is 30.3 Å². The van der Waals surface area contributed by atoms with Crippen molar-refractivity contribution in [2.75, 3.05) is 16.8 Å². The molecule has 0 heterocycles. The van der Waals surface area contributed by atoms with Gasteiger partial charge in [-0.3, -0.25) is 14.5 Å². The number of benzene rings is 3. The summed E-state index contributed by atoms with van der Waals surface area (Å²) in [6, 6.07) is 21.1. The molecule has 0 bridgehead atoms. The van der Waals surface area contributed by atoms with Gasteiger partial charge in [0.15, 0.2) is 0 Å². The third kappa shape index (κ3) is 6.53. The van der Waals surface area contributed by atoms with Crippen molar-refractivity contribution >= 4 is 23.2 Å². The number of halogens is 1. The molecule has 0 radical (unpaired) electrons. The summed E-state index contributed by atoms with van der Waals surface area (Å²) >= 11 is 0. The smallest absolute Gasteiger partial charge is 0.248 e. The Hall–Kier alpha value is -4.18. The summed E-state index contributed by atoms with van der Waals surface area (Å²) in [5, 5.41) is 15.3. The molecule has 0 saturated heterocycles. The summed E-state index contributed by atoms with van der Waals surface area (Å²) in [4.78, 5) is 29.0. The highest BCUT2D eigenvalue weighted by Crippen LogP contribution is 2.31. The molecule has 3 aromatic carbocycles. The minimum Gasteiger partial charge on any atom is -0.376 e. The third-order valence-corrected chi connectivity index (χ3v) is 6.75. The van der Waals surface area contributed by atoms with E-state index in [9.17, 15) is 14.0 Å². The fourth-order valence-electron chi connectivity index (χ4n) is 4.81. The lowest BCUT2D eigenvalue weighted by molar-refractivity contribution is -0.126. The van der Waals surface area contributed by atoms with Crippen LogP contribution >= 0.6 is 0 Å². The second-order valence-corrected chi connectivity index (χ2v) is 9.39. The Bertz CT molecular complexity index is 1280. The molecule has 1 unspecified atom stereocenters. The first-order chi connectivity index (χ1) is 18.0. The van der Waals surface area contributed by atoms with E-state index in [1.165, 1.54) is 23.1 Å². The van der Waals surface area contributed by atoms with Gasteiger partial charge in [-0.05, 0) is 73.4 Å². The first kappa shape index (κ1) is 25.9. The predicted molar refractivity (Wildman–Crippen MR) is 142 cm³/mol. The molecular weight excluding hydrogens is 467 g/mol. The highest BCUT2D eigenvalue weighted by Gasteiger charge is 2.35. The van der Waals surface area contributed by atoms with Gasteiger partial charge in [0.25, 0.3) is 0 Å². The molecule has 1 aliphatic carbocycles. The molecule has 1 saturated carbocycles. The van der Waals surface area contributed by atoms with Crippen molar-refractivity contribution in [1.29, 1.82) is 5.26 Å². The van der Waals surface area contributed by atoms with Crippen molar-refractivity contribution in [3.8, 4) is 6.07 Å². The molecule has 190 valence electrons. The molecule has 2 amide bonds. The quantitative estimate of drug-likeness (QED) is 0.421. The molecule has 7 heteroatoms. The van der Waals surface area contributed by atoms with Crippen LogP contribution in [0.5, 0.6) is 0 Å². The van der Waals surface area contributed by atoms with Gasteiger partial charge in [-0.2, -0.15) is 5.26 Å². The summed E-state index contributed by atoms with van der Waals surface area (Å²) in [7, 11) is 0. The second-order valence-electron chi connectivity index (χ2n) is 9.39. The Labute approximate surface area is 217 Å². The van der Waals surface area contributed by atoms with Gasteiger partial charge in [0.1, 0.15) is 11.9 Å². The van der Waals surface area contributed by atoms with Crippen molar-refractivity contribution in [1.82, 2.24) is 5.32 Å². The van der Waals surface area contributed by atoms with Gasteiger partial charge < -0.3 is 10.6 Å². The lowest BCUT2D eigenvalue weighted by atomic mass is 9.93. The number of carbonyl (C=O) groups excluding carboxylic acids is 2. The number of hydrogen-bond donors (Lipinski definition) is 2. The molecule has 2 N–H and O–H groups in total. The van der Waals surface area contributed by atoms with Gasteiger partial charge in [0, 0.05) is 17.4 Å². The van der Waals surface area contributed by atoms with Crippen LogP contribution in [0.2, 0.25) is 0 Å². The van der Waals surface area contributed by atoms with Crippen LogP contribution in [0.25, 0.3) is 0 Å². The van der Waals surface area contributed by atoms with E-state index in [0.29, 0.717) is 22.5 Å². The van der Waals surface area contributed by atoms with E-state index in [4.69, 9.17) is 5.26 Å². The molecule has 1 fully saturated rings. The minimum absolute atomic E-state index is 0.0500. The largest absolute Gasteiger partial charge is 0.376 e. The summed E-state index contributed by atoms with van der Waals surface area (Å²) in [6.45, 7) is 1.78. The van der Waals surface area contributed by atoms with E-state index in [2.05, 4.69) is 16.7 Å². The zero-order valence-corrected chi connectivity index (χ0v) is 20.9. The number of rotatable bonds is 8. The summed E-state index contributed by atoms with van der Waals surface area (Å²) in [6.07, 6.45) is 5.07. The number of nitrogens with one attached hydrogen (secondary N) is 2. The molecule has 37 heavy (non-hydrogen) atoms. The molecule has 1 aliphatic rings. The van der Waals surface area contributed by atoms with Gasteiger partial charge in [-0.15, -0.1) is 0 Å². The van der Waals surface area contributed by atoms with Crippen molar-refractivity contribution < 1.29 is 14.0 Å². The Morgan fingerprint density at radius 3 is 2.43 bits per heavy atom. The van der Waals surface area contributed by atoms with Crippen LogP contribution < -0.4 is 15.5 Å². The normalized spacial score (nSPS) is 14.3. The van der Waals surface area contributed by atoms with Crippen molar-refractivity contribution in [3.63, 3.8) is 0 Å². The van der Waals surface area contributed by atoms with Crippen LogP contribution in [-0.4, -0.2) is 24.4 Å². The Morgan fingerprint density at radius 2 is 1.76 bits per heavy atom. The number of nitrogens with zero attached hydrogens (tertiary/aromatic N) is 2. The molecule has 6 nitrogen and oxygen atoms in total. The number of hydrogen-bond acceptors (Lipinski definition) is 4. The SMILES string of the molecule is Cc1ccccc1C(C(=O)NC1CCCCC1)N(C(=O)CNc1ccc(C#N)cc1)c1cccc(F)c1. The van der Waals surface area contributed by atoms with Crippen LogP contribution in [0, 0.1) is 24.1 Å². The molecular formula is C30H31FN4O2. The maximum Gasteiger partial charge on any atom is 0.248 e. The van der Waals surface area contributed by atoms with Gasteiger partial charge in [-0.25, -0.2) is 4.39 Å². The van der Waals surface area contributed by atoms with E-state index in [-0.39, 0.29) is 24.4 Å². The maximum atomic E-state index is 14.4. The molecule has 0 spiro atoms. The predicted octanol–water partition coefficient (Wildman–Crippen LogP) is 5.64. The fourth-order valence-corrected chi connectivity index (χ4v) is 4.81. The summed E-state index contributed by atoms with van der Waals surface area (Å²) in [5.41, 5.74) is 3.02. The highest BCUT2D eigenvalue weighted by molar-refractivity contribution is 6.03. The van der Waals surface area contributed by atoms with Gasteiger partial charge in [0.2, 0.25) is 11.8 Å². The lowest BCUT2D eigenvalue weighted by Crippen LogP contribution is -2.48. The lowest BCUT2D eigenvalue weighted by Gasteiger charge is -2.34. The molecule has 4 rings (SSSR count). The Morgan fingerprint density at radius 1 is 1.03 bits per heavy atom. The zero-order valence-electron chi connectivity index (χ0n) is 20.9. The number of carbonyl (C=O) groups is 2. The average Bonchev–Trinajstić information content (AvgIpc) is 2.91. The Kier molecular flexibility index (Phi) is 8.52. The van der Waals surface area contributed by atoms with Crippen molar-refractivity contribution in [2.24, 2.45) is 0 Å². The number of nitriles is 1. The summed E-state index contributed by atoms with van der Waals surface area (Å²) < 4.78 is 14.4. The number of anilines is 2. The molecule has 0 aromatic heterocycles. The molecule has 3 aromatic rings. The number of amides is 2. The maximum absolute atomic E-state index is 14.4. The van der Waals surface area contributed by atoms with Crippen LogP contribution in [-0.2, 0) is 9.59 Å². The van der Waals surface area contributed by atoms with E-state index in [1.807, 2.05) is 31.2 Å². The molecule has 1 atom stereocenters. The third-order valence-electron chi connectivity index (χ3n) is 6.75. The van der Waals surface area contributed by atoms with Crippen LogP contribution in [0.1, 0.15) is 54.8 Å². The highest BCUT2D eigenvalue weighted by atomic mass is 19.1. The summed E-state index contributed by atoms with van der Waals surface area (Å²) in [5.74, 6) is -1.16. The second kappa shape index (κ2) is 12.2. The Balaban J connectivity index is 1.69. The van der Waals surface area contributed by atoms with Crippen LogP contribution in [0.3, 0.4) is 0 Å².